The number of rotatable bonds is 13. The number of hydrogen-bond donors (Lipinski definition) is 1. The molecular formula is C26H37N3OS. The van der Waals surface area contributed by atoms with Crippen molar-refractivity contribution in [1.29, 1.82) is 0 Å². The van der Waals surface area contributed by atoms with Crippen LogP contribution in [0.2, 0.25) is 0 Å². The van der Waals surface area contributed by atoms with Gasteiger partial charge in [-0.2, -0.15) is 0 Å². The Morgan fingerprint density at radius 2 is 1.71 bits per heavy atom. The molecule has 0 fully saturated rings. The van der Waals surface area contributed by atoms with Crippen LogP contribution in [0.15, 0.2) is 67.3 Å². The van der Waals surface area contributed by atoms with Crippen molar-refractivity contribution in [2.24, 2.45) is 0 Å². The van der Waals surface area contributed by atoms with Crippen molar-refractivity contribution in [2.45, 2.75) is 38.6 Å². The zero-order chi connectivity index (χ0) is 22.5. The summed E-state index contributed by atoms with van der Waals surface area (Å²) >= 11 is 5.59. The monoisotopic (exact) mass is 439 g/mol. The van der Waals surface area contributed by atoms with E-state index in [9.17, 15) is 0 Å². The normalized spacial score (nSPS) is 11.7. The number of nitrogens with one attached hydrogen (secondary N) is 1. The van der Waals surface area contributed by atoms with Gasteiger partial charge in [-0.15, -0.1) is 6.58 Å². The van der Waals surface area contributed by atoms with E-state index in [1.165, 1.54) is 24.8 Å². The zero-order valence-corrected chi connectivity index (χ0v) is 20.0. The van der Waals surface area contributed by atoms with E-state index in [0.29, 0.717) is 5.11 Å². The molecular weight excluding hydrogens is 402 g/mol. The molecule has 0 amide bonds. The van der Waals surface area contributed by atoms with Gasteiger partial charge in [-0.1, -0.05) is 49.2 Å². The van der Waals surface area contributed by atoms with Crippen LogP contribution in [0.5, 0.6) is 5.75 Å². The quantitative estimate of drug-likeness (QED) is 0.241. The Morgan fingerprint density at radius 1 is 1.03 bits per heavy atom. The summed E-state index contributed by atoms with van der Waals surface area (Å²) in [6, 6.07) is 18.6. The molecule has 0 saturated carbocycles. The predicted molar refractivity (Wildman–Crippen MR) is 137 cm³/mol. The van der Waals surface area contributed by atoms with E-state index >= 15 is 0 Å². The standard InChI is InChI=1S/C26H37N3OS/c1-5-19-28(3)20-11-6-7-12-21-30-25-17-15-24(16-18-25)29(4)26(31)27-22(2)23-13-9-8-10-14-23/h5,8-10,13-18,22H,1,6-7,11-12,19-21H2,2-4H3,(H,27,31). The number of benzene rings is 2. The van der Waals surface area contributed by atoms with Gasteiger partial charge in [-0.3, -0.25) is 0 Å². The van der Waals surface area contributed by atoms with Crippen molar-refractivity contribution in [3.63, 3.8) is 0 Å². The van der Waals surface area contributed by atoms with Crippen LogP contribution in [0, 0.1) is 0 Å². The molecule has 0 spiro atoms. The highest BCUT2D eigenvalue weighted by molar-refractivity contribution is 7.80. The fourth-order valence-electron chi connectivity index (χ4n) is 3.33. The average molecular weight is 440 g/mol. The van der Waals surface area contributed by atoms with Gasteiger partial charge in [0.2, 0.25) is 0 Å². The van der Waals surface area contributed by atoms with Crippen molar-refractivity contribution in [1.82, 2.24) is 10.2 Å². The van der Waals surface area contributed by atoms with Crippen molar-refractivity contribution < 1.29 is 4.74 Å². The molecule has 0 radical (unpaired) electrons. The van der Waals surface area contributed by atoms with E-state index in [2.05, 4.69) is 42.9 Å². The Morgan fingerprint density at radius 3 is 2.39 bits per heavy atom. The first kappa shape index (κ1) is 24.9. The first-order valence-corrected chi connectivity index (χ1v) is 11.5. The van der Waals surface area contributed by atoms with Gasteiger partial charge in [-0.25, -0.2) is 0 Å². The molecule has 5 heteroatoms. The van der Waals surface area contributed by atoms with Crippen LogP contribution in [0.25, 0.3) is 0 Å². The molecule has 0 heterocycles. The third-order valence-electron chi connectivity index (χ3n) is 5.31. The number of hydrogen-bond acceptors (Lipinski definition) is 3. The van der Waals surface area contributed by atoms with E-state index in [0.717, 1.165) is 37.6 Å². The van der Waals surface area contributed by atoms with Crippen molar-refractivity contribution in [3.05, 3.63) is 72.8 Å². The second kappa shape index (κ2) is 13.8. The summed E-state index contributed by atoms with van der Waals surface area (Å²) in [7, 11) is 4.12. The molecule has 4 nitrogen and oxygen atoms in total. The largest absolute Gasteiger partial charge is 0.494 e. The summed E-state index contributed by atoms with van der Waals surface area (Å²) in [4.78, 5) is 4.29. The van der Waals surface area contributed by atoms with Crippen LogP contribution in [0.4, 0.5) is 5.69 Å². The summed E-state index contributed by atoms with van der Waals surface area (Å²) in [6.45, 7) is 8.73. The number of thiocarbonyl (C=S) groups is 1. The van der Waals surface area contributed by atoms with Crippen LogP contribution >= 0.6 is 12.2 Å². The molecule has 0 aromatic heterocycles. The molecule has 0 aliphatic rings. The Balaban J connectivity index is 1.68. The van der Waals surface area contributed by atoms with Crippen molar-refractivity contribution in [3.8, 4) is 5.75 Å². The Kier molecular flexibility index (Phi) is 11.1. The average Bonchev–Trinajstić information content (AvgIpc) is 2.79. The molecule has 0 saturated heterocycles. The lowest BCUT2D eigenvalue weighted by atomic mass is 10.1. The van der Waals surface area contributed by atoms with Gasteiger partial charge in [0, 0.05) is 19.3 Å². The zero-order valence-electron chi connectivity index (χ0n) is 19.2. The fraction of sp³-hybridized carbons (Fsp3) is 0.423. The highest BCUT2D eigenvalue weighted by atomic mass is 32.1. The van der Waals surface area contributed by atoms with Gasteiger partial charge in [-0.05, 0) is 75.4 Å². The Hall–Kier alpha value is -2.37. The minimum Gasteiger partial charge on any atom is -0.494 e. The summed E-state index contributed by atoms with van der Waals surface area (Å²) < 4.78 is 5.90. The third kappa shape index (κ3) is 9.11. The molecule has 2 aromatic rings. The van der Waals surface area contributed by atoms with Gasteiger partial charge >= 0.3 is 0 Å². The summed E-state index contributed by atoms with van der Waals surface area (Å²) in [5.41, 5.74) is 2.25. The molecule has 1 unspecified atom stereocenters. The highest BCUT2D eigenvalue weighted by Crippen LogP contribution is 2.20. The number of unbranched alkanes of at least 4 members (excludes halogenated alkanes) is 3. The lowest BCUT2D eigenvalue weighted by molar-refractivity contribution is 0.300. The van der Waals surface area contributed by atoms with Crippen molar-refractivity contribution in [2.75, 3.05) is 38.7 Å². The van der Waals surface area contributed by atoms with Gasteiger partial charge < -0.3 is 19.9 Å². The van der Waals surface area contributed by atoms with Crippen LogP contribution in [0.3, 0.4) is 0 Å². The molecule has 0 aliphatic carbocycles. The molecule has 2 rings (SSSR count). The van der Waals surface area contributed by atoms with Crippen LogP contribution in [0.1, 0.15) is 44.2 Å². The Bertz CT molecular complexity index is 779. The summed E-state index contributed by atoms with van der Waals surface area (Å²) in [6.07, 6.45) is 6.69. The Labute approximate surface area is 193 Å². The smallest absolute Gasteiger partial charge is 0.173 e. The number of nitrogens with zero attached hydrogens (tertiary/aromatic N) is 2. The van der Waals surface area contributed by atoms with Crippen LogP contribution < -0.4 is 15.0 Å². The lowest BCUT2D eigenvalue weighted by Crippen LogP contribution is -2.38. The number of anilines is 1. The second-order valence-corrected chi connectivity index (χ2v) is 8.34. The second-order valence-electron chi connectivity index (χ2n) is 7.95. The highest BCUT2D eigenvalue weighted by Gasteiger charge is 2.11. The van der Waals surface area contributed by atoms with E-state index in [4.69, 9.17) is 17.0 Å². The van der Waals surface area contributed by atoms with Gasteiger partial charge in [0.25, 0.3) is 0 Å². The fourth-order valence-corrected chi connectivity index (χ4v) is 3.61. The van der Waals surface area contributed by atoms with Gasteiger partial charge in [0.1, 0.15) is 5.75 Å². The van der Waals surface area contributed by atoms with Gasteiger partial charge in [0.15, 0.2) is 5.11 Å². The maximum Gasteiger partial charge on any atom is 0.173 e. The number of likely N-dealkylation sites (N-methyl/N-ethyl adjacent to an activating group) is 1. The maximum absolute atomic E-state index is 5.90. The van der Waals surface area contributed by atoms with Crippen LogP contribution in [-0.4, -0.2) is 43.8 Å². The number of ether oxygens (including phenoxy) is 1. The molecule has 2 aromatic carbocycles. The van der Waals surface area contributed by atoms with Crippen molar-refractivity contribution >= 4 is 23.0 Å². The van der Waals surface area contributed by atoms with E-state index in [1.807, 2.05) is 60.5 Å². The lowest BCUT2D eigenvalue weighted by Gasteiger charge is -2.24. The molecule has 0 aliphatic heterocycles. The maximum atomic E-state index is 5.90. The first-order valence-electron chi connectivity index (χ1n) is 11.1. The predicted octanol–water partition coefficient (Wildman–Crippen LogP) is 5.82. The summed E-state index contributed by atoms with van der Waals surface area (Å²) in [5, 5.41) is 4.10. The van der Waals surface area contributed by atoms with E-state index in [-0.39, 0.29) is 6.04 Å². The minimum atomic E-state index is 0.154. The topological polar surface area (TPSA) is 27.7 Å². The van der Waals surface area contributed by atoms with E-state index in [1.54, 1.807) is 0 Å². The molecule has 0 bridgehead atoms. The summed E-state index contributed by atoms with van der Waals surface area (Å²) in [5.74, 6) is 0.902. The molecule has 1 atom stereocenters. The first-order chi connectivity index (χ1) is 15.0. The van der Waals surface area contributed by atoms with E-state index < -0.39 is 0 Å². The SMILES string of the molecule is C=CCN(C)CCCCCCOc1ccc(N(C)C(=S)NC(C)c2ccccc2)cc1. The molecule has 1 N–H and O–H groups in total. The molecule has 168 valence electrons. The van der Waals surface area contributed by atoms with Gasteiger partial charge in [0.05, 0.1) is 12.6 Å². The minimum absolute atomic E-state index is 0.154. The van der Waals surface area contributed by atoms with Crippen LogP contribution in [-0.2, 0) is 0 Å². The molecule has 31 heavy (non-hydrogen) atoms. The third-order valence-corrected chi connectivity index (χ3v) is 5.70.